The van der Waals surface area contributed by atoms with Crippen LogP contribution in [-0.2, 0) is 0 Å². The number of nitrogens with zero attached hydrogens (tertiary/aromatic N) is 1. The van der Waals surface area contributed by atoms with Crippen molar-refractivity contribution in [3.8, 4) is 0 Å². The van der Waals surface area contributed by atoms with Gasteiger partial charge in [-0.15, -0.1) is 11.3 Å². The van der Waals surface area contributed by atoms with Crippen LogP contribution in [0.5, 0.6) is 0 Å². The standard InChI is InChI=1S/C17H16N4O2S/c1-10-3-8-14(15(22)18-10)16(23)20-12-4-6-13(7-5-12)21-17-19-11(2)9-24-17/h3-9H,1-2H3,(H,18,22)(H,19,21)(H,20,23). The van der Waals surface area contributed by atoms with Gasteiger partial charge in [0.15, 0.2) is 5.13 Å². The minimum absolute atomic E-state index is 0.0843. The van der Waals surface area contributed by atoms with E-state index < -0.39 is 11.5 Å². The van der Waals surface area contributed by atoms with E-state index >= 15 is 0 Å². The number of carbonyl (C=O) groups is 1. The third kappa shape index (κ3) is 3.69. The summed E-state index contributed by atoms with van der Waals surface area (Å²) < 4.78 is 0. The molecule has 3 N–H and O–H groups in total. The first-order chi connectivity index (χ1) is 11.5. The predicted molar refractivity (Wildman–Crippen MR) is 96.3 cm³/mol. The van der Waals surface area contributed by atoms with Gasteiger partial charge in [0.25, 0.3) is 11.5 Å². The molecule has 1 amide bonds. The van der Waals surface area contributed by atoms with E-state index in [-0.39, 0.29) is 5.56 Å². The molecule has 0 atom stereocenters. The van der Waals surface area contributed by atoms with E-state index in [1.165, 1.54) is 17.4 Å². The van der Waals surface area contributed by atoms with Gasteiger partial charge in [-0.25, -0.2) is 4.98 Å². The first-order valence-electron chi connectivity index (χ1n) is 7.32. The number of aryl methyl sites for hydroxylation is 2. The van der Waals surface area contributed by atoms with Crippen molar-refractivity contribution in [2.24, 2.45) is 0 Å². The molecule has 0 aliphatic rings. The summed E-state index contributed by atoms with van der Waals surface area (Å²) in [5, 5.41) is 8.69. The molecule has 0 saturated carbocycles. The average Bonchev–Trinajstić information content (AvgIpc) is 2.94. The zero-order valence-corrected chi connectivity index (χ0v) is 14.0. The van der Waals surface area contributed by atoms with E-state index in [1.54, 1.807) is 25.1 Å². The van der Waals surface area contributed by atoms with Crippen molar-refractivity contribution in [1.29, 1.82) is 0 Å². The number of carbonyl (C=O) groups excluding carboxylic acids is 1. The molecule has 2 heterocycles. The van der Waals surface area contributed by atoms with Crippen LogP contribution in [0.25, 0.3) is 0 Å². The second kappa shape index (κ2) is 6.67. The molecule has 0 saturated heterocycles. The highest BCUT2D eigenvalue weighted by molar-refractivity contribution is 7.13. The number of H-pyrrole nitrogens is 1. The number of benzene rings is 1. The SMILES string of the molecule is Cc1csc(Nc2ccc(NC(=O)c3ccc(C)[nH]c3=O)cc2)n1. The van der Waals surface area contributed by atoms with Crippen LogP contribution >= 0.6 is 11.3 Å². The van der Waals surface area contributed by atoms with Gasteiger partial charge in [-0.2, -0.15) is 0 Å². The lowest BCUT2D eigenvalue weighted by Gasteiger charge is -2.07. The van der Waals surface area contributed by atoms with E-state index in [2.05, 4.69) is 20.6 Å². The van der Waals surface area contributed by atoms with Crippen molar-refractivity contribution in [3.05, 3.63) is 69.1 Å². The van der Waals surface area contributed by atoms with Crippen LogP contribution < -0.4 is 16.2 Å². The topological polar surface area (TPSA) is 86.9 Å². The summed E-state index contributed by atoms with van der Waals surface area (Å²) in [4.78, 5) is 30.9. The monoisotopic (exact) mass is 340 g/mol. The third-order valence-corrected chi connectivity index (χ3v) is 4.19. The summed E-state index contributed by atoms with van der Waals surface area (Å²) in [6.45, 7) is 3.70. The molecule has 6 nitrogen and oxygen atoms in total. The van der Waals surface area contributed by atoms with Gasteiger partial charge in [-0.1, -0.05) is 0 Å². The van der Waals surface area contributed by atoms with Crippen molar-refractivity contribution in [2.45, 2.75) is 13.8 Å². The van der Waals surface area contributed by atoms with Gasteiger partial charge >= 0.3 is 0 Å². The van der Waals surface area contributed by atoms with Gasteiger partial charge in [0.2, 0.25) is 0 Å². The van der Waals surface area contributed by atoms with Crippen molar-refractivity contribution in [3.63, 3.8) is 0 Å². The first-order valence-corrected chi connectivity index (χ1v) is 8.20. The van der Waals surface area contributed by atoms with Gasteiger partial charge in [0, 0.05) is 22.4 Å². The zero-order chi connectivity index (χ0) is 17.1. The number of rotatable bonds is 4. The summed E-state index contributed by atoms with van der Waals surface area (Å²) in [5.74, 6) is -0.437. The number of thiazole rings is 1. The van der Waals surface area contributed by atoms with Crippen LogP contribution in [0.2, 0.25) is 0 Å². The highest BCUT2D eigenvalue weighted by atomic mass is 32.1. The van der Waals surface area contributed by atoms with Gasteiger partial charge in [0.05, 0.1) is 5.69 Å². The number of amides is 1. The smallest absolute Gasteiger partial charge is 0.261 e. The minimum atomic E-state index is -0.437. The third-order valence-electron chi connectivity index (χ3n) is 3.31. The maximum Gasteiger partial charge on any atom is 0.261 e. The summed E-state index contributed by atoms with van der Waals surface area (Å²) in [5.41, 5.74) is 2.85. The Kier molecular flexibility index (Phi) is 4.43. The Morgan fingerprint density at radius 1 is 1.08 bits per heavy atom. The van der Waals surface area contributed by atoms with Crippen LogP contribution in [-0.4, -0.2) is 15.9 Å². The van der Waals surface area contributed by atoms with E-state index in [0.717, 1.165) is 16.5 Å². The number of aromatic amines is 1. The molecule has 0 unspecified atom stereocenters. The maximum atomic E-state index is 12.2. The molecule has 0 fully saturated rings. The van der Waals surface area contributed by atoms with Crippen LogP contribution in [0, 0.1) is 13.8 Å². The molecule has 0 aliphatic heterocycles. The van der Waals surface area contributed by atoms with E-state index in [0.29, 0.717) is 11.4 Å². The van der Waals surface area contributed by atoms with Crippen LogP contribution in [0.1, 0.15) is 21.7 Å². The second-order valence-corrected chi connectivity index (χ2v) is 6.19. The molecule has 1 aromatic carbocycles. The molecule has 2 aromatic heterocycles. The highest BCUT2D eigenvalue weighted by Crippen LogP contribution is 2.22. The lowest BCUT2D eigenvalue weighted by Crippen LogP contribution is -2.23. The number of pyridine rings is 1. The van der Waals surface area contributed by atoms with Crippen molar-refractivity contribution in [1.82, 2.24) is 9.97 Å². The molecule has 7 heteroatoms. The van der Waals surface area contributed by atoms with Crippen LogP contribution in [0.3, 0.4) is 0 Å². The predicted octanol–water partition coefficient (Wildman–Crippen LogP) is 3.44. The minimum Gasteiger partial charge on any atom is -0.332 e. The van der Waals surface area contributed by atoms with E-state index in [1.807, 2.05) is 24.4 Å². The largest absolute Gasteiger partial charge is 0.332 e. The Hall–Kier alpha value is -2.93. The summed E-state index contributed by atoms with van der Waals surface area (Å²) in [6.07, 6.45) is 0. The van der Waals surface area contributed by atoms with Crippen LogP contribution in [0.15, 0.2) is 46.6 Å². The number of nitrogens with one attached hydrogen (secondary N) is 3. The van der Waals surface area contributed by atoms with Gasteiger partial charge in [-0.3, -0.25) is 9.59 Å². The number of aromatic nitrogens is 2. The number of hydrogen-bond donors (Lipinski definition) is 3. The Labute approximate surface area is 142 Å². The lowest BCUT2D eigenvalue weighted by atomic mass is 10.2. The molecular weight excluding hydrogens is 324 g/mol. The van der Waals surface area contributed by atoms with E-state index in [4.69, 9.17) is 0 Å². The van der Waals surface area contributed by atoms with Crippen molar-refractivity contribution in [2.75, 3.05) is 10.6 Å². The van der Waals surface area contributed by atoms with Gasteiger partial charge < -0.3 is 15.6 Å². The quantitative estimate of drug-likeness (QED) is 0.679. The highest BCUT2D eigenvalue weighted by Gasteiger charge is 2.10. The Morgan fingerprint density at radius 2 is 1.79 bits per heavy atom. The fraction of sp³-hybridized carbons (Fsp3) is 0.118. The maximum absolute atomic E-state index is 12.2. The molecule has 24 heavy (non-hydrogen) atoms. The Bertz CT molecular complexity index is 928. The van der Waals surface area contributed by atoms with Crippen molar-refractivity contribution >= 4 is 33.8 Å². The van der Waals surface area contributed by atoms with Crippen molar-refractivity contribution < 1.29 is 4.79 Å². The molecule has 0 spiro atoms. The molecule has 3 aromatic rings. The fourth-order valence-electron chi connectivity index (χ4n) is 2.12. The molecule has 122 valence electrons. The van der Waals surface area contributed by atoms with Gasteiger partial charge in [-0.05, 0) is 50.2 Å². The molecule has 3 rings (SSSR count). The zero-order valence-electron chi connectivity index (χ0n) is 13.2. The summed E-state index contributed by atoms with van der Waals surface area (Å²) in [6, 6.07) is 10.4. The molecule has 0 aliphatic carbocycles. The van der Waals surface area contributed by atoms with E-state index in [9.17, 15) is 9.59 Å². The normalized spacial score (nSPS) is 10.4. The number of hydrogen-bond acceptors (Lipinski definition) is 5. The van der Waals surface area contributed by atoms with Gasteiger partial charge in [0.1, 0.15) is 5.56 Å². The summed E-state index contributed by atoms with van der Waals surface area (Å²) >= 11 is 1.53. The summed E-state index contributed by atoms with van der Waals surface area (Å²) in [7, 11) is 0. The molecule has 0 bridgehead atoms. The Morgan fingerprint density at radius 3 is 2.42 bits per heavy atom. The Balaban J connectivity index is 1.69. The fourth-order valence-corrected chi connectivity index (χ4v) is 2.83. The average molecular weight is 340 g/mol. The molecule has 0 radical (unpaired) electrons. The second-order valence-electron chi connectivity index (χ2n) is 5.33. The van der Waals surface area contributed by atoms with Crippen LogP contribution in [0.4, 0.5) is 16.5 Å². The first kappa shape index (κ1) is 15.9. The number of anilines is 3. The molecular formula is C17H16N4O2S. The lowest BCUT2D eigenvalue weighted by molar-refractivity contribution is 0.102.